The second-order valence-corrected chi connectivity index (χ2v) is 5.64. The van der Waals surface area contributed by atoms with Crippen molar-refractivity contribution in [1.29, 1.82) is 0 Å². The molecule has 0 bridgehead atoms. The van der Waals surface area contributed by atoms with E-state index in [0.717, 1.165) is 3.57 Å². The van der Waals surface area contributed by atoms with Gasteiger partial charge in [-0.05, 0) is 55.5 Å². The van der Waals surface area contributed by atoms with Gasteiger partial charge >= 0.3 is 5.97 Å². The van der Waals surface area contributed by atoms with Gasteiger partial charge in [-0.3, -0.25) is 0 Å². The van der Waals surface area contributed by atoms with Gasteiger partial charge in [0.1, 0.15) is 5.60 Å². The maximum atomic E-state index is 11.7. The number of esters is 1. The van der Waals surface area contributed by atoms with Crippen LogP contribution in [-0.4, -0.2) is 11.6 Å². The van der Waals surface area contributed by atoms with Gasteiger partial charge in [-0.25, -0.2) is 4.79 Å². The van der Waals surface area contributed by atoms with Gasteiger partial charge in [-0.1, -0.05) is 17.7 Å². The van der Waals surface area contributed by atoms with E-state index in [1.54, 1.807) is 12.1 Å². The summed E-state index contributed by atoms with van der Waals surface area (Å²) in [6.45, 7) is 5.48. The summed E-state index contributed by atoms with van der Waals surface area (Å²) in [6, 6.07) is 5.29. The Kier molecular flexibility index (Phi) is 4.00. The maximum absolute atomic E-state index is 11.7. The molecule has 0 aliphatic carbocycles. The van der Waals surface area contributed by atoms with E-state index < -0.39 is 5.60 Å². The van der Waals surface area contributed by atoms with E-state index in [1.807, 2.05) is 26.8 Å². The van der Waals surface area contributed by atoms with Crippen LogP contribution in [0, 0.1) is 3.57 Å². The Bertz CT molecular complexity index is 383. The molecule has 0 unspecified atom stereocenters. The Hall–Kier alpha value is -0.290. The molecular weight excluding hydrogens is 326 g/mol. The van der Waals surface area contributed by atoms with Crippen molar-refractivity contribution in [2.24, 2.45) is 0 Å². The van der Waals surface area contributed by atoms with Gasteiger partial charge < -0.3 is 4.74 Å². The second-order valence-electron chi connectivity index (χ2n) is 4.10. The van der Waals surface area contributed by atoms with E-state index in [0.29, 0.717) is 10.6 Å². The molecule has 0 heterocycles. The standard InChI is InChI=1S/C11H12ClIO2/c1-11(2,3)15-10(14)7-5-4-6-8(13)9(7)12/h4-6H,1-3H3. The Balaban J connectivity index is 2.97. The normalized spacial score (nSPS) is 11.3. The predicted octanol–water partition coefficient (Wildman–Crippen LogP) is 3.90. The molecule has 0 atom stereocenters. The molecule has 0 radical (unpaired) electrons. The highest BCUT2D eigenvalue weighted by atomic mass is 127. The highest BCUT2D eigenvalue weighted by molar-refractivity contribution is 14.1. The zero-order valence-corrected chi connectivity index (χ0v) is 11.7. The van der Waals surface area contributed by atoms with Gasteiger partial charge in [0.05, 0.1) is 10.6 Å². The lowest BCUT2D eigenvalue weighted by molar-refractivity contribution is 0.00697. The quantitative estimate of drug-likeness (QED) is 0.573. The number of ether oxygens (including phenoxy) is 1. The summed E-state index contributed by atoms with van der Waals surface area (Å²) in [6.07, 6.45) is 0. The number of hydrogen-bond acceptors (Lipinski definition) is 2. The van der Waals surface area contributed by atoms with Crippen molar-refractivity contribution < 1.29 is 9.53 Å². The fourth-order valence-electron chi connectivity index (χ4n) is 0.995. The molecule has 0 saturated heterocycles. The molecule has 0 spiro atoms. The smallest absolute Gasteiger partial charge is 0.340 e. The molecule has 0 aromatic heterocycles. The molecule has 15 heavy (non-hydrogen) atoms. The first-order chi connectivity index (χ1) is 6.81. The van der Waals surface area contributed by atoms with Crippen molar-refractivity contribution >= 4 is 40.2 Å². The van der Waals surface area contributed by atoms with Crippen LogP contribution in [-0.2, 0) is 4.74 Å². The molecule has 0 N–H and O–H groups in total. The summed E-state index contributed by atoms with van der Waals surface area (Å²) in [5, 5.41) is 0.451. The molecule has 0 aliphatic rings. The van der Waals surface area contributed by atoms with E-state index in [1.165, 1.54) is 0 Å². The molecule has 0 aliphatic heterocycles. The predicted molar refractivity (Wildman–Crippen MR) is 69.3 cm³/mol. The SMILES string of the molecule is CC(C)(C)OC(=O)c1cccc(I)c1Cl. The van der Waals surface area contributed by atoms with Crippen molar-refractivity contribution in [1.82, 2.24) is 0 Å². The molecule has 82 valence electrons. The highest BCUT2D eigenvalue weighted by Crippen LogP contribution is 2.24. The molecule has 0 fully saturated rings. The third kappa shape index (κ3) is 3.65. The maximum Gasteiger partial charge on any atom is 0.340 e. The molecule has 0 amide bonds. The summed E-state index contributed by atoms with van der Waals surface area (Å²) in [4.78, 5) is 11.7. The molecule has 1 aromatic rings. The largest absolute Gasteiger partial charge is 0.456 e. The van der Waals surface area contributed by atoms with Gasteiger partial charge in [0, 0.05) is 3.57 Å². The monoisotopic (exact) mass is 338 g/mol. The van der Waals surface area contributed by atoms with E-state index in [2.05, 4.69) is 22.6 Å². The number of benzene rings is 1. The van der Waals surface area contributed by atoms with Crippen molar-refractivity contribution in [2.45, 2.75) is 26.4 Å². The third-order valence-electron chi connectivity index (χ3n) is 1.57. The zero-order chi connectivity index (χ0) is 11.6. The first-order valence-corrected chi connectivity index (χ1v) is 5.94. The number of carbonyl (C=O) groups is 1. The second kappa shape index (κ2) is 4.70. The minimum Gasteiger partial charge on any atom is -0.456 e. The van der Waals surface area contributed by atoms with Crippen LogP contribution in [0.3, 0.4) is 0 Å². The number of hydrogen-bond donors (Lipinski definition) is 0. The van der Waals surface area contributed by atoms with E-state index in [4.69, 9.17) is 16.3 Å². The van der Waals surface area contributed by atoms with Gasteiger partial charge in [0.25, 0.3) is 0 Å². The third-order valence-corrected chi connectivity index (χ3v) is 3.20. The average molecular weight is 339 g/mol. The fraction of sp³-hybridized carbons (Fsp3) is 0.364. The summed E-state index contributed by atoms with van der Waals surface area (Å²) < 4.78 is 6.08. The van der Waals surface area contributed by atoms with Gasteiger partial charge in [-0.15, -0.1) is 0 Å². The first kappa shape index (κ1) is 12.8. The van der Waals surface area contributed by atoms with Crippen LogP contribution < -0.4 is 0 Å². The average Bonchev–Trinajstić information content (AvgIpc) is 2.06. The van der Waals surface area contributed by atoms with Crippen LogP contribution in [0.25, 0.3) is 0 Å². The fourth-order valence-corrected chi connectivity index (χ4v) is 1.70. The summed E-state index contributed by atoms with van der Waals surface area (Å²) >= 11 is 8.09. The van der Waals surface area contributed by atoms with Crippen molar-refractivity contribution in [3.05, 3.63) is 32.4 Å². The molecule has 1 aromatic carbocycles. The van der Waals surface area contributed by atoms with Crippen LogP contribution in [0.5, 0.6) is 0 Å². The lowest BCUT2D eigenvalue weighted by Gasteiger charge is -2.19. The highest BCUT2D eigenvalue weighted by Gasteiger charge is 2.20. The minimum atomic E-state index is -0.498. The lowest BCUT2D eigenvalue weighted by Crippen LogP contribution is -2.24. The number of halogens is 2. The number of rotatable bonds is 1. The van der Waals surface area contributed by atoms with E-state index >= 15 is 0 Å². The molecule has 1 rings (SSSR count). The Morgan fingerprint density at radius 3 is 2.53 bits per heavy atom. The minimum absolute atomic E-state index is 0.383. The summed E-state index contributed by atoms with van der Waals surface area (Å²) in [5.74, 6) is -0.383. The Labute approximate surface area is 108 Å². The molecule has 0 saturated carbocycles. The van der Waals surface area contributed by atoms with Crippen LogP contribution >= 0.6 is 34.2 Å². The van der Waals surface area contributed by atoms with Gasteiger partial charge in [0.2, 0.25) is 0 Å². The van der Waals surface area contributed by atoms with Crippen LogP contribution in [0.1, 0.15) is 31.1 Å². The lowest BCUT2D eigenvalue weighted by atomic mass is 10.1. The molecule has 4 heteroatoms. The Morgan fingerprint density at radius 1 is 1.40 bits per heavy atom. The van der Waals surface area contributed by atoms with Crippen LogP contribution in [0.15, 0.2) is 18.2 Å². The van der Waals surface area contributed by atoms with Crippen molar-refractivity contribution in [2.75, 3.05) is 0 Å². The number of carbonyl (C=O) groups excluding carboxylic acids is 1. The van der Waals surface area contributed by atoms with Crippen molar-refractivity contribution in [3.63, 3.8) is 0 Å². The zero-order valence-electron chi connectivity index (χ0n) is 8.80. The van der Waals surface area contributed by atoms with Crippen LogP contribution in [0.4, 0.5) is 0 Å². The topological polar surface area (TPSA) is 26.3 Å². The van der Waals surface area contributed by atoms with Crippen molar-refractivity contribution in [3.8, 4) is 0 Å². The Morgan fingerprint density at radius 2 is 2.00 bits per heavy atom. The van der Waals surface area contributed by atoms with Crippen LogP contribution in [0.2, 0.25) is 5.02 Å². The van der Waals surface area contributed by atoms with Gasteiger partial charge in [-0.2, -0.15) is 0 Å². The molecular formula is C11H12ClIO2. The molecule has 2 nitrogen and oxygen atoms in total. The summed E-state index contributed by atoms with van der Waals surface area (Å²) in [5.41, 5.74) is -0.0831. The van der Waals surface area contributed by atoms with E-state index in [9.17, 15) is 4.79 Å². The van der Waals surface area contributed by atoms with Gasteiger partial charge in [0.15, 0.2) is 0 Å². The first-order valence-electron chi connectivity index (χ1n) is 4.48. The van der Waals surface area contributed by atoms with E-state index in [-0.39, 0.29) is 5.97 Å². The summed E-state index contributed by atoms with van der Waals surface area (Å²) in [7, 11) is 0.